The van der Waals surface area contributed by atoms with Crippen LogP contribution < -0.4 is 4.74 Å². The van der Waals surface area contributed by atoms with Crippen molar-refractivity contribution in [2.24, 2.45) is 0 Å². The van der Waals surface area contributed by atoms with Gasteiger partial charge in [0.15, 0.2) is 0 Å². The molecule has 1 unspecified atom stereocenters. The van der Waals surface area contributed by atoms with Crippen LogP contribution in [0.1, 0.15) is 22.7 Å². The number of ketones is 1. The van der Waals surface area contributed by atoms with Crippen molar-refractivity contribution in [3.05, 3.63) is 130 Å². The predicted molar refractivity (Wildman–Crippen MR) is 142 cm³/mol. The van der Waals surface area contributed by atoms with E-state index in [1.165, 1.54) is 17.0 Å². The van der Waals surface area contributed by atoms with Crippen LogP contribution in [0.3, 0.4) is 0 Å². The van der Waals surface area contributed by atoms with Crippen molar-refractivity contribution in [1.29, 1.82) is 0 Å². The number of hydrogen-bond acceptors (Lipinski definition) is 5. The second kappa shape index (κ2) is 10.5. The lowest BCUT2D eigenvalue weighted by Crippen LogP contribution is -2.29. The maximum Gasteiger partial charge on any atom is 0.295 e. The fourth-order valence-corrected chi connectivity index (χ4v) is 4.54. The Morgan fingerprint density at radius 1 is 0.865 bits per heavy atom. The summed E-state index contributed by atoms with van der Waals surface area (Å²) in [6.07, 6.45) is 3.23. The van der Waals surface area contributed by atoms with E-state index in [2.05, 4.69) is 4.98 Å². The molecule has 1 N–H and O–H groups in total. The van der Waals surface area contributed by atoms with E-state index in [0.29, 0.717) is 22.1 Å². The molecule has 4 aromatic rings. The molecular formula is C29H20Cl2N2O4. The first-order valence-corrected chi connectivity index (χ1v) is 12.1. The maximum absolute atomic E-state index is 13.3. The molecule has 3 aromatic carbocycles. The van der Waals surface area contributed by atoms with Gasteiger partial charge in [-0.15, -0.1) is 0 Å². The zero-order chi connectivity index (χ0) is 25.9. The third-order valence-electron chi connectivity index (χ3n) is 5.99. The van der Waals surface area contributed by atoms with Crippen LogP contribution in [-0.4, -0.2) is 26.7 Å². The number of Topliss-reactive ketones (excluding diaryl/α,β-unsaturated/α-hetero) is 1. The summed E-state index contributed by atoms with van der Waals surface area (Å²) in [4.78, 5) is 32.0. The molecule has 1 amide bonds. The Morgan fingerprint density at radius 2 is 1.59 bits per heavy atom. The molecule has 1 saturated heterocycles. The van der Waals surface area contributed by atoms with Crippen molar-refractivity contribution in [2.75, 3.05) is 0 Å². The molecule has 0 saturated carbocycles. The number of aliphatic hydroxyl groups is 1. The molecule has 1 aliphatic rings. The second-order valence-electron chi connectivity index (χ2n) is 8.40. The molecule has 8 heteroatoms. The lowest BCUT2D eigenvalue weighted by molar-refractivity contribution is -0.140. The van der Waals surface area contributed by atoms with E-state index in [-0.39, 0.29) is 28.5 Å². The average molecular weight is 531 g/mol. The van der Waals surface area contributed by atoms with Gasteiger partial charge in [-0.1, -0.05) is 53.5 Å². The molecular weight excluding hydrogens is 511 g/mol. The molecule has 1 aliphatic heterocycles. The van der Waals surface area contributed by atoms with Gasteiger partial charge in [-0.3, -0.25) is 14.6 Å². The molecule has 1 atom stereocenters. The molecule has 6 nitrogen and oxygen atoms in total. The van der Waals surface area contributed by atoms with E-state index in [1.54, 1.807) is 54.9 Å². The first-order chi connectivity index (χ1) is 17.9. The van der Waals surface area contributed by atoms with Crippen LogP contribution in [0.15, 0.2) is 103 Å². The smallest absolute Gasteiger partial charge is 0.295 e. The standard InChI is InChI=1S/C29H20Cl2N2O4/c30-23-10-9-20(16-24(23)31)27(34)25-26(33(29(36)28(25)35)17-18-11-13-32-14-12-18)19-5-4-8-22(15-19)37-21-6-2-1-3-7-21/h1-16,26,34H,17H2/b27-25-. The number of likely N-dealkylation sites (tertiary alicyclic amines) is 1. The van der Waals surface area contributed by atoms with Gasteiger partial charge in [-0.2, -0.15) is 0 Å². The molecule has 0 bridgehead atoms. The van der Waals surface area contributed by atoms with Crippen LogP contribution >= 0.6 is 23.2 Å². The molecule has 0 aliphatic carbocycles. The monoisotopic (exact) mass is 530 g/mol. The topological polar surface area (TPSA) is 79.7 Å². The molecule has 5 rings (SSSR count). The summed E-state index contributed by atoms with van der Waals surface area (Å²) >= 11 is 12.2. The van der Waals surface area contributed by atoms with Gasteiger partial charge in [0.1, 0.15) is 17.3 Å². The number of ether oxygens (including phenoxy) is 1. The van der Waals surface area contributed by atoms with Crippen LogP contribution in [0, 0.1) is 0 Å². The Labute approximate surface area is 223 Å². The van der Waals surface area contributed by atoms with Gasteiger partial charge in [-0.25, -0.2) is 0 Å². The highest BCUT2D eigenvalue weighted by atomic mass is 35.5. The quantitative estimate of drug-likeness (QED) is 0.168. The van der Waals surface area contributed by atoms with Crippen molar-refractivity contribution in [2.45, 2.75) is 12.6 Å². The summed E-state index contributed by atoms with van der Waals surface area (Å²) in [6.45, 7) is 0.139. The molecule has 37 heavy (non-hydrogen) atoms. The van der Waals surface area contributed by atoms with Crippen molar-refractivity contribution in [3.8, 4) is 11.5 Å². The van der Waals surface area contributed by atoms with E-state index < -0.39 is 17.7 Å². The predicted octanol–water partition coefficient (Wildman–Crippen LogP) is 6.80. The average Bonchev–Trinajstić information content (AvgIpc) is 3.16. The normalized spacial score (nSPS) is 16.7. The molecule has 2 heterocycles. The van der Waals surface area contributed by atoms with Crippen LogP contribution in [0.4, 0.5) is 0 Å². The first kappa shape index (κ1) is 24.6. The maximum atomic E-state index is 13.3. The van der Waals surface area contributed by atoms with Crippen molar-refractivity contribution >= 4 is 40.7 Å². The fraction of sp³-hybridized carbons (Fsp3) is 0.0690. The van der Waals surface area contributed by atoms with Crippen molar-refractivity contribution < 1.29 is 19.4 Å². The van der Waals surface area contributed by atoms with Gasteiger partial charge < -0.3 is 14.7 Å². The second-order valence-corrected chi connectivity index (χ2v) is 9.21. The fourth-order valence-electron chi connectivity index (χ4n) is 4.25. The SMILES string of the molecule is O=C1C(=O)N(Cc2ccncc2)C(c2cccc(Oc3ccccc3)c2)/C1=C(/O)c1ccc(Cl)c(Cl)c1. The van der Waals surface area contributed by atoms with Gasteiger partial charge in [0.25, 0.3) is 11.7 Å². The van der Waals surface area contributed by atoms with Crippen LogP contribution in [0.5, 0.6) is 11.5 Å². The number of aliphatic hydroxyl groups excluding tert-OH is 1. The third kappa shape index (κ3) is 5.07. The van der Waals surface area contributed by atoms with E-state index >= 15 is 0 Å². The molecule has 1 aromatic heterocycles. The highest BCUT2D eigenvalue weighted by molar-refractivity contribution is 6.46. The number of pyridine rings is 1. The summed E-state index contributed by atoms with van der Waals surface area (Å²) < 4.78 is 5.99. The van der Waals surface area contributed by atoms with E-state index in [0.717, 1.165) is 5.56 Å². The Bertz CT molecular complexity index is 1510. The number of halogens is 2. The number of nitrogens with zero attached hydrogens (tertiary/aromatic N) is 2. The number of hydrogen-bond donors (Lipinski definition) is 1. The minimum absolute atomic E-state index is 0.0469. The third-order valence-corrected chi connectivity index (χ3v) is 6.73. The van der Waals surface area contributed by atoms with E-state index in [4.69, 9.17) is 27.9 Å². The Kier molecular flexibility index (Phi) is 6.95. The van der Waals surface area contributed by atoms with Crippen LogP contribution in [0.25, 0.3) is 5.76 Å². The van der Waals surface area contributed by atoms with Gasteiger partial charge in [0.05, 0.1) is 21.7 Å². The van der Waals surface area contributed by atoms with Crippen LogP contribution in [0.2, 0.25) is 10.0 Å². The summed E-state index contributed by atoms with van der Waals surface area (Å²) in [5.74, 6) is -0.697. The molecule has 0 radical (unpaired) electrons. The Balaban J connectivity index is 1.62. The summed E-state index contributed by atoms with van der Waals surface area (Å²) in [5.41, 5.74) is 1.61. The summed E-state index contributed by atoms with van der Waals surface area (Å²) in [6, 6.07) is 23.6. The Hall–Kier alpha value is -4.13. The van der Waals surface area contributed by atoms with Gasteiger partial charge in [-0.05, 0) is 65.7 Å². The lowest BCUT2D eigenvalue weighted by atomic mass is 9.95. The lowest BCUT2D eigenvalue weighted by Gasteiger charge is -2.25. The van der Waals surface area contributed by atoms with Gasteiger partial charge in [0.2, 0.25) is 0 Å². The minimum atomic E-state index is -0.873. The first-order valence-electron chi connectivity index (χ1n) is 11.4. The van der Waals surface area contributed by atoms with Crippen molar-refractivity contribution in [1.82, 2.24) is 9.88 Å². The minimum Gasteiger partial charge on any atom is -0.507 e. The number of aromatic nitrogens is 1. The van der Waals surface area contributed by atoms with Gasteiger partial charge >= 0.3 is 0 Å². The van der Waals surface area contributed by atoms with E-state index in [1.807, 2.05) is 30.3 Å². The van der Waals surface area contributed by atoms with E-state index in [9.17, 15) is 14.7 Å². The number of benzene rings is 3. The summed E-state index contributed by atoms with van der Waals surface area (Å²) in [7, 11) is 0. The molecule has 0 spiro atoms. The molecule has 184 valence electrons. The zero-order valence-electron chi connectivity index (χ0n) is 19.3. The zero-order valence-corrected chi connectivity index (χ0v) is 20.9. The highest BCUT2D eigenvalue weighted by Crippen LogP contribution is 2.42. The highest BCUT2D eigenvalue weighted by Gasteiger charge is 2.46. The van der Waals surface area contributed by atoms with Gasteiger partial charge in [0, 0.05) is 24.5 Å². The largest absolute Gasteiger partial charge is 0.507 e. The van der Waals surface area contributed by atoms with Crippen LogP contribution in [-0.2, 0) is 16.1 Å². The Morgan fingerprint density at radius 3 is 2.32 bits per heavy atom. The summed E-state index contributed by atoms with van der Waals surface area (Å²) in [5, 5.41) is 11.8. The number of rotatable bonds is 6. The van der Waals surface area contributed by atoms with Crippen molar-refractivity contribution in [3.63, 3.8) is 0 Å². The molecule has 1 fully saturated rings. The number of carbonyl (C=O) groups is 2. The number of carbonyl (C=O) groups excluding carboxylic acids is 2. The number of para-hydroxylation sites is 1. The number of amides is 1.